The summed E-state index contributed by atoms with van der Waals surface area (Å²) in [4.78, 5) is 12.0. The van der Waals surface area contributed by atoms with Crippen LogP contribution in [0.4, 0.5) is 26.2 Å². The van der Waals surface area contributed by atoms with E-state index in [-0.39, 0.29) is 0 Å². The third-order valence-corrected chi connectivity index (χ3v) is 3.63. The molecular formula is C19H24FN5O. The van der Waals surface area contributed by atoms with Crippen LogP contribution in [0.2, 0.25) is 0 Å². The number of nitrogens with two attached hydrogens (primary N) is 2. The molecule has 7 heteroatoms. The first-order valence-corrected chi connectivity index (χ1v) is 8.41. The molecule has 6 N–H and O–H groups in total. The Morgan fingerprint density at radius 1 is 1.15 bits per heavy atom. The maximum Gasteiger partial charge on any atom is 0.323 e. The Morgan fingerprint density at radius 2 is 1.85 bits per heavy atom. The number of rotatable bonds is 7. The average molecular weight is 357 g/mol. The van der Waals surface area contributed by atoms with Crippen LogP contribution in [0.15, 0.2) is 60.4 Å². The summed E-state index contributed by atoms with van der Waals surface area (Å²) in [5, 5.41) is 6.68. The summed E-state index contributed by atoms with van der Waals surface area (Å²) in [7, 11) is 0. The molecule has 0 aliphatic carbocycles. The zero-order valence-electron chi connectivity index (χ0n) is 14.7. The fourth-order valence-corrected chi connectivity index (χ4v) is 2.28. The molecule has 0 aliphatic heterocycles. The highest BCUT2D eigenvalue weighted by atomic mass is 19.1. The number of hydrogen-bond acceptors (Lipinski definition) is 4. The number of hydrogen-bond donors (Lipinski definition) is 4. The fraction of sp³-hybridized carbons (Fsp3) is 0.211. The number of hydrazine groups is 1. The normalized spacial score (nSPS) is 11.1. The van der Waals surface area contributed by atoms with Gasteiger partial charge in [0.2, 0.25) is 0 Å². The molecular weight excluding hydrogens is 333 g/mol. The number of benzene rings is 2. The van der Waals surface area contributed by atoms with Crippen LogP contribution >= 0.6 is 0 Å². The topological polar surface area (TPSA) is 96.4 Å². The van der Waals surface area contributed by atoms with Gasteiger partial charge in [-0.05, 0) is 55.3 Å². The molecule has 0 saturated carbocycles. The zero-order valence-corrected chi connectivity index (χ0v) is 14.7. The quantitative estimate of drug-likeness (QED) is 0.442. The number of nitrogens with zero attached hydrogens (tertiary/aromatic N) is 1. The lowest BCUT2D eigenvalue weighted by molar-refractivity contribution is 0.262. The van der Waals surface area contributed by atoms with Crippen LogP contribution < -0.4 is 27.2 Å². The molecule has 0 aliphatic rings. The first-order valence-electron chi connectivity index (χ1n) is 8.41. The standard InChI is InChI=1S/C19H24FN5O/c1-2-3-6-15(21)13-25(22)18-10-8-16(9-11-18)23-19(26)24-17-7-4-5-14(20)12-17/h4-5,7-13H,2-3,6,21-22H2,1H3,(H2,23,24,26)/b15-13-. The third kappa shape index (κ3) is 6.10. The summed E-state index contributed by atoms with van der Waals surface area (Å²) in [6.45, 7) is 2.10. The summed E-state index contributed by atoms with van der Waals surface area (Å²) < 4.78 is 13.1. The van der Waals surface area contributed by atoms with E-state index in [0.29, 0.717) is 17.1 Å². The summed E-state index contributed by atoms with van der Waals surface area (Å²) >= 11 is 0. The highest BCUT2D eigenvalue weighted by Gasteiger charge is 2.05. The van der Waals surface area contributed by atoms with Gasteiger partial charge in [-0.25, -0.2) is 15.0 Å². The molecule has 6 nitrogen and oxygen atoms in total. The molecule has 26 heavy (non-hydrogen) atoms. The van der Waals surface area contributed by atoms with Crippen LogP contribution in [-0.2, 0) is 0 Å². The van der Waals surface area contributed by atoms with Crippen LogP contribution in [0.1, 0.15) is 26.2 Å². The third-order valence-electron chi connectivity index (χ3n) is 3.63. The van der Waals surface area contributed by atoms with Crippen LogP contribution in [0.3, 0.4) is 0 Å². The zero-order chi connectivity index (χ0) is 18.9. The molecule has 0 saturated heterocycles. The number of amides is 2. The number of halogens is 1. The van der Waals surface area contributed by atoms with Gasteiger partial charge in [-0.1, -0.05) is 19.4 Å². The van der Waals surface area contributed by atoms with Crippen LogP contribution in [-0.4, -0.2) is 6.03 Å². The maximum absolute atomic E-state index is 13.1. The lowest BCUT2D eigenvalue weighted by Gasteiger charge is -2.16. The van der Waals surface area contributed by atoms with Gasteiger partial charge in [0.15, 0.2) is 0 Å². The minimum atomic E-state index is -0.461. The number of carbonyl (C=O) groups is 1. The van der Waals surface area contributed by atoms with Crippen molar-refractivity contribution in [3.05, 3.63) is 66.2 Å². The number of urea groups is 1. The van der Waals surface area contributed by atoms with E-state index >= 15 is 0 Å². The Hall–Kier alpha value is -3.06. The first kappa shape index (κ1) is 19.3. The smallest absolute Gasteiger partial charge is 0.323 e. The Labute approximate surface area is 152 Å². The molecule has 2 aromatic rings. The van der Waals surface area contributed by atoms with Crippen molar-refractivity contribution in [2.75, 3.05) is 15.6 Å². The molecule has 0 radical (unpaired) electrons. The minimum Gasteiger partial charge on any atom is -0.401 e. The van der Waals surface area contributed by atoms with E-state index in [2.05, 4.69) is 17.6 Å². The van der Waals surface area contributed by atoms with Crippen molar-refractivity contribution in [1.82, 2.24) is 0 Å². The number of anilines is 3. The highest BCUT2D eigenvalue weighted by Crippen LogP contribution is 2.17. The van der Waals surface area contributed by atoms with Crippen LogP contribution in [0, 0.1) is 5.82 Å². The largest absolute Gasteiger partial charge is 0.401 e. The van der Waals surface area contributed by atoms with Crippen molar-refractivity contribution in [1.29, 1.82) is 0 Å². The molecule has 0 unspecified atom stereocenters. The van der Waals surface area contributed by atoms with Gasteiger partial charge in [-0.3, -0.25) is 5.01 Å². The Kier molecular flexibility index (Phi) is 6.99. The van der Waals surface area contributed by atoms with Gasteiger partial charge in [0.25, 0.3) is 0 Å². The van der Waals surface area contributed by atoms with Crippen molar-refractivity contribution in [3.8, 4) is 0 Å². The lowest BCUT2D eigenvalue weighted by atomic mass is 10.2. The first-order chi connectivity index (χ1) is 12.5. The summed E-state index contributed by atoms with van der Waals surface area (Å²) in [6.07, 6.45) is 4.56. The van der Waals surface area contributed by atoms with Gasteiger partial charge in [-0.2, -0.15) is 0 Å². The van der Waals surface area contributed by atoms with E-state index in [4.69, 9.17) is 11.6 Å². The van der Waals surface area contributed by atoms with E-state index in [1.807, 2.05) is 0 Å². The summed E-state index contributed by atoms with van der Waals surface area (Å²) in [5.74, 6) is 5.56. The molecule has 138 valence electrons. The van der Waals surface area contributed by atoms with E-state index in [0.717, 1.165) is 24.9 Å². The predicted molar refractivity (Wildman–Crippen MR) is 104 cm³/mol. The van der Waals surface area contributed by atoms with Gasteiger partial charge in [0.1, 0.15) is 5.82 Å². The average Bonchev–Trinajstić information content (AvgIpc) is 2.60. The Morgan fingerprint density at radius 3 is 2.50 bits per heavy atom. The van der Waals surface area contributed by atoms with Crippen molar-refractivity contribution in [2.45, 2.75) is 26.2 Å². The second-order valence-corrected chi connectivity index (χ2v) is 5.85. The number of carbonyl (C=O) groups excluding carboxylic acids is 1. The predicted octanol–water partition coefficient (Wildman–Crippen LogP) is 4.14. The SMILES string of the molecule is CCCC/C(N)=C/N(N)c1ccc(NC(=O)Nc2cccc(F)c2)cc1. The summed E-state index contributed by atoms with van der Waals surface area (Å²) in [6, 6.07) is 12.2. The number of allylic oxidation sites excluding steroid dienone is 1. The van der Waals surface area contributed by atoms with E-state index in [9.17, 15) is 9.18 Å². The van der Waals surface area contributed by atoms with Gasteiger partial charge in [0.05, 0.1) is 5.69 Å². The molecule has 0 fully saturated rings. The van der Waals surface area contributed by atoms with Gasteiger partial charge >= 0.3 is 6.03 Å². The highest BCUT2D eigenvalue weighted by molar-refractivity contribution is 5.99. The molecule has 2 amide bonds. The molecule has 0 aromatic heterocycles. The molecule has 2 rings (SSSR count). The van der Waals surface area contributed by atoms with Gasteiger partial charge in [0, 0.05) is 23.3 Å². The van der Waals surface area contributed by atoms with Gasteiger partial charge in [-0.15, -0.1) is 0 Å². The minimum absolute atomic E-state index is 0.375. The molecule has 0 bridgehead atoms. The molecule has 0 atom stereocenters. The maximum atomic E-state index is 13.1. The van der Waals surface area contributed by atoms with E-state index in [1.54, 1.807) is 36.5 Å². The number of unbranched alkanes of at least 4 members (excludes halogenated alkanes) is 1. The van der Waals surface area contributed by atoms with Crippen molar-refractivity contribution >= 4 is 23.1 Å². The number of nitrogens with one attached hydrogen (secondary N) is 2. The molecule has 0 spiro atoms. The van der Waals surface area contributed by atoms with E-state index < -0.39 is 11.8 Å². The second kappa shape index (κ2) is 9.43. The summed E-state index contributed by atoms with van der Waals surface area (Å²) in [5.41, 5.74) is 8.33. The van der Waals surface area contributed by atoms with Gasteiger partial charge < -0.3 is 16.4 Å². The Balaban J connectivity index is 1.93. The second-order valence-electron chi connectivity index (χ2n) is 5.85. The molecule has 0 heterocycles. The van der Waals surface area contributed by atoms with Crippen molar-refractivity contribution < 1.29 is 9.18 Å². The monoisotopic (exact) mass is 357 g/mol. The van der Waals surface area contributed by atoms with E-state index in [1.165, 1.54) is 23.2 Å². The fourth-order valence-electron chi connectivity index (χ4n) is 2.28. The van der Waals surface area contributed by atoms with Crippen LogP contribution in [0.25, 0.3) is 0 Å². The molecule has 2 aromatic carbocycles. The van der Waals surface area contributed by atoms with Crippen molar-refractivity contribution in [2.24, 2.45) is 11.6 Å². The lowest BCUT2D eigenvalue weighted by Crippen LogP contribution is -2.26. The Bertz CT molecular complexity index is 761. The van der Waals surface area contributed by atoms with Crippen LogP contribution in [0.5, 0.6) is 0 Å². The van der Waals surface area contributed by atoms with Crippen molar-refractivity contribution in [3.63, 3.8) is 0 Å².